The molecule has 0 radical (unpaired) electrons. The van der Waals surface area contributed by atoms with Gasteiger partial charge in [0, 0.05) is 25.2 Å². The van der Waals surface area contributed by atoms with E-state index in [1.807, 2.05) is 46.8 Å². The van der Waals surface area contributed by atoms with E-state index >= 15 is 0 Å². The lowest BCUT2D eigenvalue weighted by atomic mass is 10.2. The molecule has 0 saturated heterocycles. The molecular weight excluding hydrogens is 270 g/mol. The van der Waals surface area contributed by atoms with Crippen LogP contribution in [-0.2, 0) is 11.3 Å². The number of nitrogens with zero attached hydrogens (tertiary/aromatic N) is 1. The Morgan fingerprint density at radius 3 is 2.52 bits per heavy atom. The summed E-state index contributed by atoms with van der Waals surface area (Å²) in [6, 6.07) is 0. The first-order valence-corrected chi connectivity index (χ1v) is 7.04. The fraction of sp³-hybridized carbons (Fsp3) is 0.600. The first-order valence-electron chi connectivity index (χ1n) is 7.04. The molecule has 0 atom stereocenters. The number of rotatable bonds is 6. The fourth-order valence-electron chi connectivity index (χ4n) is 1.66. The average Bonchev–Trinajstić information content (AvgIpc) is 2.66. The van der Waals surface area contributed by atoms with Crippen molar-refractivity contribution in [2.75, 3.05) is 13.1 Å². The predicted octanol–water partition coefficient (Wildman–Crippen LogP) is 2.46. The zero-order chi connectivity index (χ0) is 15.9. The maximum Gasteiger partial charge on any atom is 0.407 e. The Labute approximate surface area is 125 Å². The van der Waals surface area contributed by atoms with Crippen molar-refractivity contribution < 1.29 is 14.1 Å². The van der Waals surface area contributed by atoms with E-state index in [-0.39, 0.29) is 0 Å². The van der Waals surface area contributed by atoms with Gasteiger partial charge >= 0.3 is 6.09 Å². The first kappa shape index (κ1) is 17.2. The minimum absolute atomic E-state index is 0.407. The maximum absolute atomic E-state index is 11.4. The van der Waals surface area contributed by atoms with Crippen molar-refractivity contribution in [1.82, 2.24) is 15.8 Å². The molecule has 118 valence electrons. The Balaban J connectivity index is 2.15. The third-order valence-electron chi connectivity index (χ3n) is 2.67. The van der Waals surface area contributed by atoms with Crippen molar-refractivity contribution in [2.45, 2.75) is 46.8 Å². The van der Waals surface area contributed by atoms with Gasteiger partial charge in [0.05, 0.1) is 5.69 Å². The van der Waals surface area contributed by atoms with Crippen LogP contribution in [0, 0.1) is 13.8 Å². The Hall–Kier alpha value is -1.82. The fourth-order valence-corrected chi connectivity index (χ4v) is 1.66. The normalized spacial score (nSPS) is 11.9. The third kappa shape index (κ3) is 6.94. The maximum atomic E-state index is 11.4. The van der Waals surface area contributed by atoms with E-state index in [9.17, 15) is 4.79 Å². The van der Waals surface area contributed by atoms with Gasteiger partial charge in [0.2, 0.25) is 0 Å². The zero-order valence-electron chi connectivity index (χ0n) is 13.4. The molecule has 0 fully saturated rings. The summed E-state index contributed by atoms with van der Waals surface area (Å²) in [5.41, 5.74) is 1.54. The second kappa shape index (κ2) is 7.83. The number of aromatic nitrogens is 1. The van der Waals surface area contributed by atoms with Gasteiger partial charge < -0.3 is 19.9 Å². The molecule has 0 aromatic carbocycles. The summed E-state index contributed by atoms with van der Waals surface area (Å²) in [5, 5.41) is 9.82. The van der Waals surface area contributed by atoms with Crippen LogP contribution in [0.2, 0.25) is 0 Å². The van der Waals surface area contributed by atoms with Crippen LogP contribution in [0.1, 0.15) is 37.8 Å². The standard InChI is InChI=1S/C15H25N3O3/c1-11-13(12(2)21-18-11)10-16-8-6-7-9-17-14(19)20-15(3,4)5/h6-7,16H,8-10H2,1-5H3,(H,17,19)/b7-6+. The molecule has 1 aromatic heterocycles. The number of carbonyl (C=O) groups is 1. The van der Waals surface area contributed by atoms with Gasteiger partial charge in [0.1, 0.15) is 11.4 Å². The van der Waals surface area contributed by atoms with Gasteiger partial charge in [0.15, 0.2) is 0 Å². The summed E-state index contributed by atoms with van der Waals surface area (Å²) < 4.78 is 10.2. The lowest BCUT2D eigenvalue weighted by Gasteiger charge is -2.19. The van der Waals surface area contributed by atoms with Crippen LogP contribution in [-0.4, -0.2) is 29.9 Å². The highest BCUT2D eigenvalue weighted by Gasteiger charge is 2.14. The van der Waals surface area contributed by atoms with Crippen LogP contribution in [0.4, 0.5) is 4.79 Å². The lowest BCUT2D eigenvalue weighted by Crippen LogP contribution is -2.32. The third-order valence-corrected chi connectivity index (χ3v) is 2.67. The van der Waals surface area contributed by atoms with E-state index in [4.69, 9.17) is 9.26 Å². The number of hydrogen-bond donors (Lipinski definition) is 2. The van der Waals surface area contributed by atoms with E-state index < -0.39 is 11.7 Å². The highest BCUT2D eigenvalue weighted by atomic mass is 16.6. The molecule has 1 rings (SSSR count). The quantitative estimate of drug-likeness (QED) is 0.623. The molecule has 1 heterocycles. The van der Waals surface area contributed by atoms with E-state index in [1.165, 1.54) is 0 Å². The van der Waals surface area contributed by atoms with Gasteiger partial charge in [-0.3, -0.25) is 0 Å². The molecule has 2 N–H and O–H groups in total. The molecule has 6 heteroatoms. The second-order valence-corrected chi connectivity index (χ2v) is 5.79. The van der Waals surface area contributed by atoms with Gasteiger partial charge in [-0.2, -0.15) is 0 Å². The molecule has 0 aliphatic heterocycles. The number of ether oxygens (including phenoxy) is 1. The molecule has 0 saturated carbocycles. The van der Waals surface area contributed by atoms with Gasteiger partial charge in [0.25, 0.3) is 0 Å². The van der Waals surface area contributed by atoms with E-state index in [2.05, 4.69) is 15.8 Å². The Bertz CT molecular complexity index is 467. The van der Waals surface area contributed by atoms with Crippen molar-refractivity contribution in [2.24, 2.45) is 0 Å². The average molecular weight is 295 g/mol. The number of hydrogen-bond acceptors (Lipinski definition) is 5. The first-order chi connectivity index (χ1) is 9.79. The number of carbonyl (C=O) groups excluding carboxylic acids is 1. The summed E-state index contributed by atoms with van der Waals surface area (Å²) in [6.07, 6.45) is 3.43. The van der Waals surface area contributed by atoms with Gasteiger partial charge in [-0.05, 0) is 34.6 Å². The Morgan fingerprint density at radius 1 is 1.29 bits per heavy atom. The lowest BCUT2D eigenvalue weighted by molar-refractivity contribution is 0.0534. The van der Waals surface area contributed by atoms with Gasteiger partial charge in [-0.1, -0.05) is 17.3 Å². The summed E-state index contributed by atoms with van der Waals surface area (Å²) in [7, 11) is 0. The van der Waals surface area contributed by atoms with Crippen LogP contribution in [0.3, 0.4) is 0 Å². The summed E-state index contributed by atoms with van der Waals surface area (Å²) in [5.74, 6) is 0.843. The zero-order valence-corrected chi connectivity index (χ0v) is 13.4. The highest BCUT2D eigenvalue weighted by molar-refractivity contribution is 5.67. The molecule has 21 heavy (non-hydrogen) atoms. The predicted molar refractivity (Wildman–Crippen MR) is 81.1 cm³/mol. The topological polar surface area (TPSA) is 76.4 Å². The molecule has 1 amide bonds. The van der Waals surface area contributed by atoms with E-state index in [1.54, 1.807) is 0 Å². The van der Waals surface area contributed by atoms with Crippen LogP contribution in [0.5, 0.6) is 0 Å². The molecule has 0 aliphatic carbocycles. The molecule has 0 aliphatic rings. The molecule has 0 bridgehead atoms. The van der Waals surface area contributed by atoms with Crippen LogP contribution in [0.25, 0.3) is 0 Å². The van der Waals surface area contributed by atoms with Crippen molar-refractivity contribution in [3.05, 3.63) is 29.2 Å². The molecule has 0 spiro atoms. The minimum Gasteiger partial charge on any atom is -0.444 e. The largest absolute Gasteiger partial charge is 0.444 e. The molecule has 1 aromatic rings. The van der Waals surface area contributed by atoms with Crippen molar-refractivity contribution >= 4 is 6.09 Å². The summed E-state index contributed by atoms with van der Waals surface area (Å²) in [6.45, 7) is 11.2. The minimum atomic E-state index is -0.469. The number of amides is 1. The monoisotopic (exact) mass is 295 g/mol. The molecule has 0 unspecified atom stereocenters. The number of aryl methyl sites for hydroxylation is 2. The Morgan fingerprint density at radius 2 is 1.95 bits per heavy atom. The molecular formula is C15H25N3O3. The number of nitrogens with one attached hydrogen (secondary N) is 2. The van der Waals surface area contributed by atoms with Crippen molar-refractivity contribution in [3.8, 4) is 0 Å². The van der Waals surface area contributed by atoms with Gasteiger partial charge in [-0.25, -0.2) is 4.79 Å². The smallest absolute Gasteiger partial charge is 0.407 e. The summed E-state index contributed by atoms with van der Waals surface area (Å²) in [4.78, 5) is 11.4. The van der Waals surface area contributed by atoms with E-state index in [0.717, 1.165) is 17.0 Å². The SMILES string of the molecule is Cc1noc(C)c1CNC/C=C/CNC(=O)OC(C)(C)C. The highest BCUT2D eigenvalue weighted by Crippen LogP contribution is 2.11. The van der Waals surface area contributed by atoms with Crippen LogP contribution >= 0.6 is 0 Å². The van der Waals surface area contributed by atoms with Crippen LogP contribution < -0.4 is 10.6 Å². The summed E-state index contributed by atoms with van der Waals surface area (Å²) >= 11 is 0. The number of alkyl carbamates (subject to hydrolysis) is 1. The molecule has 6 nitrogen and oxygen atoms in total. The Kier molecular flexibility index (Phi) is 6.42. The van der Waals surface area contributed by atoms with Crippen molar-refractivity contribution in [1.29, 1.82) is 0 Å². The van der Waals surface area contributed by atoms with E-state index in [0.29, 0.717) is 19.6 Å². The van der Waals surface area contributed by atoms with Crippen molar-refractivity contribution in [3.63, 3.8) is 0 Å². The van der Waals surface area contributed by atoms with Gasteiger partial charge in [-0.15, -0.1) is 0 Å². The second-order valence-electron chi connectivity index (χ2n) is 5.79. The van der Waals surface area contributed by atoms with Crippen LogP contribution in [0.15, 0.2) is 16.7 Å².